The molecule has 0 amide bonds. The summed E-state index contributed by atoms with van der Waals surface area (Å²) in [5, 5.41) is 9.51. The molecular weight excluding hydrogens is 226 g/mol. The van der Waals surface area contributed by atoms with Crippen LogP contribution in [0.15, 0.2) is 18.2 Å². The monoisotopic (exact) mass is 249 g/mol. The quantitative estimate of drug-likeness (QED) is 0.870. The van der Waals surface area contributed by atoms with Crippen molar-refractivity contribution in [2.45, 2.75) is 32.8 Å². The Bertz CT molecular complexity index is 384. The van der Waals surface area contributed by atoms with Crippen molar-refractivity contribution in [2.24, 2.45) is 0 Å². The Morgan fingerprint density at radius 2 is 2.06 bits per heavy atom. The molecular formula is C15H23NO2. The highest BCUT2D eigenvalue weighted by Gasteiger charge is 2.11. The molecule has 1 N–H and O–H groups in total. The minimum atomic E-state index is -0.414. The van der Waals surface area contributed by atoms with E-state index < -0.39 is 6.10 Å². The third-order valence-electron chi connectivity index (χ3n) is 3.55. The molecule has 0 radical (unpaired) electrons. The van der Waals surface area contributed by atoms with Crippen molar-refractivity contribution in [3.63, 3.8) is 0 Å². The molecule has 1 saturated heterocycles. The largest absolute Gasteiger partial charge is 0.492 e. The molecule has 2 rings (SSSR count). The summed E-state index contributed by atoms with van der Waals surface area (Å²) in [6, 6.07) is 5.89. The number of aryl methyl sites for hydroxylation is 1. The molecule has 18 heavy (non-hydrogen) atoms. The molecule has 1 aliphatic rings. The van der Waals surface area contributed by atoms with E-state index in [-0.39, 0.29) is 0 Å². The Labute approximate surface area is 109 Å². The van der Waals surface area contributed by atoms with Crippen molar-refractivity contribution in [3.8, 4) is 5.75 Å². The van der Waals surface area contributed by atoms with Crippen LogP contribution in [-0.4, -0.2) is 36.2 Å². The summed E-state index contributed by atoms with van der Waals surface area (Å²) in [5.74, 6) is 0.929. The van der Waals surface area contributed by atoms with Crippen molar-refractivity contribution in [1.29, 1.82) is 0 Å². The predicted octanol–water partition coefficient (Wildman–Crippen LogP) is 2.52. The van der Waals surface area contributed by atoms with E-state index in [1.54, 1.807) is 6.92 Å². The number of hydrogen-bond donors (Lipinski definition) is 1. The van der Waals surface area contributed by atoms with Gasteiger partial charge in [-0.2, -0.15) is 0 Å². The zero-order chi connectivity index (χ0) is 13.0. The molecule has 1 fully saturated rings. The molecule has 0 saturated carbocycles. The molecule has 1 heterocycles. The summed E-state index contributed by atoms with van der Waals surface area (Å²) in [4.78, 5) is 2.44. The minimum absolute atomic E-state index is 0.414. The Hall–Kier alpha value is -1.06. The molecule has 1 aromatic carbocycles. The van der Waals surface area contributed by atoms with E-state index in [9.17, 15) is 5.11 Å². The van der Waals surface area contributed by atoms with Gasteiger partial charge in [-0.3, -0.25) is 4.90 Å². The van der Waals surface area contributed by atoms with E-state index in [0.717, 1.165) is 30.0 Å². The molecule has 0 spiro atoms. The number of benzene rings is 1. The molecule has 0 unspecified atom stereocenters. The number of aliphatic hydroxyl groups is 1. The first-order chi connectivity index (χ1) is 8.66. The first-order valence-corrected chi connectivity index (χ1v) is 6.80. The second kappa shape index (κ2) is 6.21. The predicted molar refractivity (Wildman–Crippen MR) is 73.0 cm³/mol. The van der Waals surface area contributed by atoms with Gasteiger partial charge in [-0.25, -0.2) is 0 Å². The number of ether oxygens (including phenoxy) is 1. The van der Waals surface area contributed by atoms with Crippen molar-refractivity contribution in [1.82, 2.24) is 4.90 Å². The van der Waals surface area contributed by atoms with Crippen LogP contribution in [-0.2, 0) is 0 Å². The van der Waals surface area contributed by atoms with Crippen LogP contribution in [0.25, 0.3) is 0 Å². The van der Waals surface area contributed by atoms with Crippen molar-refractivity contribution >= 4 is 0 Å². The van der Waals surface area contributed by atoms with Crippen LogP contribution in [0, 0.1) is 6.92 Å². The van der Waals surface area contributed by atoms with Gasteiger partial charge in [0.15, 0.2) is 0 Å². The first-order valence-electron chi connectivity index (χ1n) is 6.80. The Morgan fingerprint density at radius 1 is 1.33 bits per heavy atom. The van der Waals surface area contributed by atoms with E-state index in [4.69, 9.17) is 4.74 Å². The summed E-state index contributed by atoms with van der Waals surface area (Å²) >= 11 is 0. The van der Waals surface area contributed by atoms with Gasteiger partial charge in [0.2, 0.25) is 0 Å². The van der Waals surface area contributed by atoms with Gasteiger partial charge in [0.1, 0.15) is 12.4 Å². The molecule has 0 bridgehead atoms. The molecule has 100 valence electrons. The van der Waals surface area contributed by atoms with Gasteiger partial charge in [0.25, 0.3) is 0 Å². The number of likely N-dealkylation sites (tertiary alicyclic amines) is 1. The average molecular weight is 249 g/mol. The van der Waals surface area contributed by atoms with Crippen LogP contribution < -0.4 is 4.74 Å². The number of hydrogen-bond acceptors (Lipinski definition) is 3. The fourth-order valence-electron chi connectivity index (χ4n) is 2.39. The lowest BCUT2D eigenvalue weighted by Gasteiger charge is -2.16. The topological polar surface area (TPSA) is 32.7 Å². The van der Waals surface area contributed by atoms with E-state index in [2.05, 4.69) is 4.90 Å². The van der Waals surface area contributed by atoms with Gasteiger partial charge in [-0.1, -0.05) is 6.07 Å². The van der Waals surface area contributed by atoms with Crippen LogP contribution in [0.2, 0.25) is 0 Å². The van der Waals surface area contributed by atoms with Crippen molar-refractivity contribution in [3.05, 3.63) is 29.3 Å². The molecule has 1 aliphatic heterocycles. The summed E-state index contributed by atoms with van der Waals surface area (Å²) in [6.07, 6.45) is 2.23. The van der Waals surface area contributed by atoms with E-state index in [1.807, 2.05) is 25.1 Å². The van der Waals surface area contributed by atoms with Gasteiger partial charge in [0.05, 0.1) is 6.10 Å². The van der Waals surface area contributed by atoms with Gasteiger partial charge < -0.3 is 9.84 Å². The maximum Gasteiger partial charge on any atom is 0.122 e. The highest BCUT2D eigenvalue weighted by Crippen LogP contribution is 2.22. The highest BCUT2D eigenvalue weighted by molar-refractivity contribution is 5.36. The average Bonchev–Trinajstić information content (AvgIpc) is 2.84. The molecule has 0 aliphatic carbocycles. The molecule has 1 atom stereocenters. The van der Waals surface area contributed by atoms with Crippen LogP contribution in [0.1, 0.15) is 37.0 Å². The normalized spacial score (nSPS) is 17.9. The van der Waals surface area contributed by atoms with E-state index in [1.165, 1.54) is 25.9 Å². The second-order valence-corrected chi connectivity index (χ2v) is 5.10. The highest BCUT2D eigenvalue weighted by atomic mass is 16.5. The van der Waals surface area contributed by atoms with Crippen LogP contribution in [0.5, 0.6) is 5.75 Å². The van der Waals surface area contributed by atoms with Gasteiger partial charge >= 0.3 is 0 Å². The molecule has 1 aromatic rings. The summed E-state index contributed by atoms with van der Waals surface area (Å²) in [5.41, 5.74) is 2.04. The third-order valence-corrected chi connectivity index (χ3v) is 3.55. The van der Waals surface area contributed by atoms with Crippen LogP contribution in [0.4, 0.5) is 0 Å². The lowest BCUT2D eigenvalue weighted by molar-refractivity contribution is 0.199. The molecule has 3 heteroatoms. The minimum Gasteiger partial charge on any atom is -0.492 e. The van der Waals surface area contributed by atoms with Crippen molar-refractivity contribution in [2.75, 3.05) is 26.2 Å². The number of rotatable bonds is 5. The fourth-order valence-corrected chi connectivity index (χ4v) is 2.39. The molecule has 0 aromatic heterocycles. The number of nitrogens with zero attached hydrogens (tertiary/aromatic N) is 1. The Kier molecular flexibility index (Phi) is 4.61. The SMILES string of the molecule is Cc1cc([C@H](C)O)ccc1OCCN1CCCC1. The fraction of sp³-hybridized carbons (Fsp3) is 0.600. The first kappa shape index (κ1) is 13.4. The van der Waals surface area contributed by atoms with Crippen molar-refractivity contribution < 1.29 is 9.84 Å². The number of aliphatic hydroxyl groups excluding tert-OH is 1. The lowest BCUT2D eigenvalue weighted by atomic mass is 10.1. The second-order valence-electron chi connectivity index (χ2n) is 5.10. The van der Waals surface area contributed by atoms with E-state index in [0.29, 0.717) is 0 Å². The van der Waals surface area contributed by atoms with E-state index >= 15 is 0 Å². The Morgan fingerprint density at radius 3 is 2.67 bits per heavy atom. The zero-order valence-corrected chi connectivity index (χ0v) is 11.4. The van der Waals surface area contributed by atoms with Crippen LogP contribution >= 0.6 is 0 Å². The maximum absolute atomic E-state index is 9.51. The summed E-state index contributed by atoms with van der Waals surface area (Å²) < 4.78 is 5.81. The lowest BCUT2D eigenvalue weighted by Crippen LogP contribution is -2.25. The standard InChI is InChI=1S/C15H23NO2/c1-12-11-14(13(2)17)5-6-15(12)18-10-9-16-7-3-4-8-16/h5-6,11,13,17H,3-4,7-10H2,1-2H3/t13-/m0/s1. The summed E-state index contributed by atoms with van der Waals surface area (Å²) in [7, 11) is 0. The Balaban J connectivity index is 1.85. The van der Waals surface area contributed by atoms with Gasteiger partial charge in [-0.05, 0) is 63.0 Å². The third kappa shape index (κ3) is 3.47. The smallest absolute Gasteiger partial charge is 0.122 e. The molecule has 3 nitrogen and oxygen atoms in total. The van der Waals surface area contributed by atoms with Crippen LogP contribution in [0.3, 0.4) is 0 Å². The zero-order valence-electron chi connectivity index (χ0n) is 11.4. The van der Waals surface area contributed by atoms with Gasteiger partial charge in [0, 0.05) is 6.54 Å². The summed E-state index contributed by atoms with van der Waals surface area (Å²) in [6.45, 7) is 7.98. The maximum atomic E-state index is 9.51. The van der Waals surface area contributed by atoms with Gasteiger partial charge in [-0.15, -0.1) is 0 Å².